The number of aliphatic hydroxyl groups is 1. The summed E-state index contributed by atoms with van der Waals surface area (Å²) in [5.41, 5.74) is 1.25. The average molecular weight is 387 g/mol. The van der Waals surface area contributed by atoms with Crippen molar-refractivity contribution in [2.75, 3.05) is 18.0 Å². The fourth-order valence-corrected chi connectivity index (χ4v) is 4.20. The Morgan fingerprint density at radius 3 is 2.44 bits per heavy atom. The number of rotatable bonds is 5. The molecule has 27 heavy (non-hydrogen) atoms. The third-order valence-corrected chi connectivity index (χ3v) is 6.05. The van der Waals surface area contributed by atoms with E-state index < -0.39 is 22.2 Å². The van der Waals surface area contributed by atoms with Gasteiger partial charge in [-0.1, -0.05) is 26.0 Å². The second-order valence-corrected chi connectivity index (χ2v) is 8.53. The molecule has 2 heterocycles. The van der Waals surface area contributed by atoms with Crippen molar-refractivity contribution in [3.8, 4) is 6.07 Å². The number of hydrogen-bond acceptors (Lipinski definition) is 7. The van der Waals surface area contributed by atoms with Crippen molar-refractivity contribution in [1.29, 1.82) is 5.26 Å². The summed E-state index contributed by atoms with van der Waals surface area (Å²) in [5, 5.41) is 26.8. The van der Waals surface area contributed by atoms with Gasteiger partial charge < -0.3 is 10.0 Å². The van der Waals surface area contributed by atoms with E-state index >= 15 is 0 Å². The van der Waals surface area contributed by atoms with Crippen molar-refractivity contribution in [2.24, 2.45) is 0 Å². The minimum atomic E-state index is -3.75. The predicted octanol–water partition coefficient (Wildman–Crippen LogP) is 1.000. The van der Waals surface area contributed by atoms with Gasteiger partial charge in [0.2, 0.25) is 10.0 Å². The fraction of sp³-hybridized carbons (Fsp3) is 0.389. The highest BCUT2D eigenvalue weighted by Gasteiger charge is 2.35. The van der Waals surface area contributed by atoms with Crippen LogP contribution in [-0.4, -0.2) is 49.0 Å². The highest BCUT2D eigenvalue weighted by atomic mass is 32.2. The molecule has 0 bridgehead atoms. The van der Waals surface area contributed by atoms with Crippen LogP contribution in [0.4, 0.5) is 5.82 Å². The molecule has 2 N–H and O–H groups in total. The van der Waals surface area contributed by atoms with Crippen LogP contribution in [0.1, 0.15) is 31.0 Å². The Hall–Kier alpha value is -2.54. The maximum absolute atomic E-state index is 12.6. The molecule has 2 atom stereocenters. The standard InChI is InChI=1S/C18H21N5O3S/c1-12(2)13-3-6-15(7-4-13)27(25,26)22-16-10-23(11-17(16)24)18-8-5-14(9-19)20-21-18/h3-8,12,16-17,22,24H,10-11H2,1-2H3/t16-,17-/m1/s1. The number of hydrogen-bond donors (Lipinski definition) is 2. The molecule has 0 saturated carbocycles. The smallest absolute Gasteiger partial charge is 0.240 e. The Balaban J connectivity index is 1.71. The van der Waals surface area contributed by atoms with Gasteiger partial charge in [0, 0.05) is 13.1 Å². The largest absolute Gasteiger partial charge is 0.390 e. The zero-order valence-corrected chi connectivity index (χ0v) is 15.9. The normalized spacial score (nSPS) is 20.0. The fourth-order valence-electron chi connectivity index (χ4n) is 2.94. The van der Waals surface area contributed by atoms with Crippen molar-refractivity contribution in [3.63, 3.8) is 0 Å². The molecule has 1 saturated heterocycles. The molecule has 1 aliphatic rings. The number of sulfonamides is 1. The number of β-amino-alcohol motifs (C(OH)–C–C–N with tert-alkyl or cyclic N) is 1. The second-order valence-electron chi connectivity index (χ2n) is 6.81. The maximum Gasteiger partial charge on any atom is 0.240 e. The molecule has 8 nitrogen and oxygen atoms in total. The van der Waals surface area contributed by atoms with Crippen LogP contribution >= 0.6 is 0 Å². The molecule has 0 aliphatic carbocycles. The summed E-state index contributed by atoms with van der Waals surface area (Å²) >= 11 is 0. The van der Waals surface area contributed by atoms with E-state index in [1.54, 1.807) is 35.2 Å². The molecular formula is C18H21N5O3S. The van der Waals surface area contributed by atoms with Crippen LogP contribution in [-0.2, 0) is 10.0 Å². The number of aromatic nitrogens is 2. The lowest BCUT2D eigenvalue weighted by molar-refractivity contribution is 0.174. The first-order valence-corrected chi connectivity index (χ1v) is 10.1. The van der Waals surface area contributed by atoms with Gasteiger partial charge in [0.1, 0.15) is 6.07 Å². The predicted molar refractivity (Wildman–Crippen MR) is 99.6 cm³/mol. The van der Waals surface area contributed by atoms with E-state index in [4.69, 9.17) is 5.26 Å². The van der Waals surface area contributed by atoms with Crippen LogP contribution in [0.25, 0.3) is 0 Å². The molecule has 3 rings (SSSR count). The maximum atomic E-state index is 12.6. The van der Waals surface area contributed by atoms with Gasteiger partial charge in [0.25, 0.3) is 0 Å². The lowest BCUT2D eigenvalue weighted by Gasteiger charge is -2.17. The summed E-state index contributed by atoms with van der Waals surface area (Å²) in [7, 11) is -3.75. The molecule has 0 unspecified atom stereocenters. The highest BCUT2D eigenvalue weighted by molar-refractivity contribution is 7.89. The van der Waals surface area contributed by atoms with E-state index in [0.717, 1.165) is 5.56 Å². The lowest BCUT2D eigenvalue weighted by Crippen LogP contribution is -2.42. The molecule has 1 fully saturated rings. The number of nitrogens with zero attached hydrogens (tertiary/aromatic N) is 4. The molecule has 1 aromatic carbocycles. The molecule has 0 spiro atoms. The monoisotopic (exact) mass is 387 g/mol. The molecular weight excluding hydrogens is 366 g/mol. The van der Waals surface area contributed by atoms with Gasteiger partial charge in [-0.05, 0) is 35.7 Å². The average Bonchev–Trinajstić information content (AvgIpc) is 3.01. The summed E-state index contributed by atoms with van der Waals surface area (Å²) in [4.78, 5) is 1.89. The van der Waals surface area contributed by atoms with Gasteiger partial charge in [-0.15, -0.1) is 10.2 Å². The Morgan fingerprint density at radius 1 is 1.19 bits per heavy atom. The van der Waals surface area contributed by atoms with Crippen molar-refractivity contribution in [3.05, 3.63) is 47.7 Å². The van der Waals surface area contributed by atoms with Crippen LogP contribution in [0.15, 0.2) is 41.3 Å². The van der Waals surface area contributed by atoms with Crippen LogP contribution in [0.5, 0.6) is 0 Å². The van der Waals surface area contributed by atoms with Crippen LogP contribution in [0.2, 0.25) is 0 Å². The number of nitriles is 1. The van der Waals surface area contributed by atoms with Crippen LogP contribution in [0.3, 0.4) is 0 Å². The van der Waals surface area contributed by atoms with Crippen molar-refractivity contribution < 1.29 is 13.5 Å². The summed E-state index contributed by atoms with van der Waals surface area (Å²) < 4.78 is 27.8. The molecule has 1 aliphatic heterocycles. The summed E-state index contributed by atoms with van der Waals surface area (Å²) in [6.45, 7) is 4.56. The third-order valence-electron chi connectivity index (χ3n) is 4.54. The van der Waals surface area contributed by atoms with Crippen molar-refractivity contribution in [2.45, 2.75) is 36.8 Å². The van der Waals surface area contributed by atoms with Gasteiger partial charge in [-0.2, -0.15) is 5.26 Å². The molecule has 142 valence electrons. The van der Waals surface area contributed by atoms with E-state index in [1.165, 1.54) is 6.07 Å². The second kappa shape index (κ2) is 7.60. The quantitative estimate of drug-likeness (QED) is 0.785. The van der Waals surface area contributed by atoms with Gasteiger partial charge in [0.05, 0.1) is 17.0 Å². The summed E-state index contributed by atoms with van der Waals surface area (Å²) in [6, 6.07) is 11.1. The number of anilines is 1. The van der Waals surface area contributed by atoms with E-state index in [2.05, 4.69) is 14.9 Å². The van der Waals surface area contributed by atoms with Gasteiger partial charge in [-0.25, -0.2) is 13.1 Å². The van der Waals surface area contributed by atoms with E-state index in [9.17, 15) is 13.5 Å². The van der Waals surface area contributed by atoms with E-state index in [-0.39, 0.29) is 23.7 Å². The SMILES string of the molecule is CC(C)c1ccc(S(=O)(=O)N[C@@H]2CN(c3ccc(C#N)nn3)C[C@H]2O)cc1. The molecule has 9 heteroatoms. The Kier molecular flexibility index (Phi) is 5.41. The Morgan fingerprint density at radius 2 is 1.89 bits per heavy atom. The zero-order chi connectivity index (χ0) is 19.6. The van der Waals surface area contributed by atoms with Gasteiger partial charge >= 0.3 is 0 Å². The van der Waals surface area contributed by atoms with E-state index in [0.29, 0.717) is 11.7 Å². The van der Waals surface area contributed by atoms with Crippen molar-refractivity contribution in [1.82, 2.24) is 14.9 Å². The van der Waals surface area contributed by atoms with Crippen LogP contribution < -0.4 is 9.62 Å². The van der Waals surface area contributed by atoms with Gasteiger partial charge in [-0.3, -0.25) is 0 Å². The highest BCUT2D eigenvalue weighted by Crippen LogP contribution is 2.21. The van der Waals surface area contributed by atoms with Crippen LogP contribution in [0, 0.1) is 11.3 Å². The summed E-state index contributed by atoms with van der Waals surface area (Å²) in [6.07, 6.45) is -0.882. The van der Waals surface area contributed by atoms with Crippen molar-refractivity contribution >= 4 is 15.8 Å². The first-order valence-electron chi connectivity index (χ1n) is 8.59. The molecule has 1 aromatic heterocycles. The molecule has 0 radical (unpaired) electrons. The Labute approximate surface area is 158 Å². The zero-order valence-electron chi connectivity index (χ0n) is 15.1. The minimum absolute atomic E-state index is 0.163. The van der Waals surface area contributed by atoms with Gasteiger partial charge in [0.15, 0.2) is 11.5 Å². The van der Waals surface area contributed by atoms with E-state index in [1.807, 2.05) is 19.9 Å². The first kappa shape index (κ1) is 19.2. The third kappa shape index (κ3) is 4.24. The topological polar surface area (TPSA) is 119 Å². The summed E-state index contributed by atoms with van der Waals surface area (Å²) in [5.74, 6) is 0.796. The minimum Gasteiger partial charge on any atom is -0.390 e. The number of nitrogens with one attached hydrogen (secondary N) is 1. The number of benzene rings is 1. The molecule has 2 aromatic rings. The first-order chi connectivity index (χ1) is 12.8. The Bertz CT molecular complexity index is 936. The molecule has 0 amide bonds. The lowest BCUT2D eigenvalue weighted by atomic mass is 10.0. The number of aliphatic hydroxyl groups excluding tert-OH is 1.